The van der Waals surface area contributed by atoms with E-state index in [1.54, 1.807) is 0 Å². The van der Waals surface area contributed by atoms with Crippen LogP contribution < -0.4 is 0 Å². The van der Waals surface area contributed by atoms with E-state index < -0.39 is 0 Å². The Bertz CT molecular complexity index is 653. The van der Waals surface area contributed by atoms with Gasteiger partial charge in [0.25, 0.3) is 0 Å². The number of aryl methyl sites for hydroxylation is 2. The van der Waals surface area contributed by atoms with Crippen LogP contribution in [0.2, 0.25) is 0 Å². The van der Waals surface area contributed by atoms with Crippen LogP contribution in [0.15, 0.2) is 18.2 Å². The van der Waals surface area contributed by atoms with Crippen molar-refractivity contribution in [3.05, 3.63) is 35.0 Å². The molecule has 3 heteroatoms. The lowest BCUT2D eigenvalue weighted by molar-refractivity contribution is 0.0888. The van der Waals surface area contributed by atoms with E-state index in [-0.39, 0.29) is 6.10 Å². The van der Waals surface area contributed by atoms with E-state index in [0.717, 1.165) is 19.6 Å². The monoisotopic (exact) mass is 300 g/mol. The zero-order valence-electron chi connectivity index (χ0n) is 14.1. The van der Waals surface area contributed by atoms with Crippen LogP contribution in [0, 0.1) is 20.8 Å². The Kier molecular flexibility index (Phi) is 4.55. The summed E-state index contributed by atoms with van der Waals surface area (Å²) in [6, 6.07) is 6.61. The number of fused-ring (bicyclic) bond motifs is 1. The summed E-state index contributed by atoms with van der Waals surface area (Å²) >= 11 is 0. The molecule has 1 aromatic carbocycles. The summed E-state index contributed by atoms with van der Waals surface area (Å²) < 4.78 is 2.29. The molecule has 2 aromatic rings. The molecule has 1 aliphatic rings. The van der Waals surface area contributed by atoms with Gasteiger partial charge in [-0.05, 0) is 64.4 Å². The Balaban J connectivity index is 1.79. The van der Waals surface area contributed by atoms with Gasteiger partial charge >= 0.3 is 0 Å². The smallest absolute Gasteiger partial charge is 0.0845 e. The zero-order valence-corrected chi connectivity index (χ0v) is 14.1. The van der Waals surface area contributed by atoms with Gasteiger partial charge in [-0.15, -0.1) is 0 Å². The second kappa shape index (κ2) is 6.43. The van der Waals surface area contributed by atoms with Gasteiger partial charge < -0.3 is 14.6 Å². The van der Waals surface area contributed by atoms with Crippen molar-refractivity contribution in [2.45, 2.75) is 52.7 Å². The molecule has 1 fully saturated rings. The van der Waals surface area contributed by atoms with Gasteiger partial charge in [0.2, 0.25) is 0 Å². The molecule has 1 N–H and O–H groups in total. The van der Waals surface area contributed by atoms with E-state index >= 15 is 0 Å². The number of aliphatic hydroxyl groups is 1. The van der Waals surface area contributed by atoms with E-state index in [0.29, 0.717) is 6.54 Å². The molecule has 2 heterocycles. The normalized spacial score (nSPS) is 18.0. The average molecular weight is 300 g/mol. The predicted molar refractivity (Wildman–Crippen MR) is 92.4 cm³/mol. The summed E-state index contributed by atoms with van der Waals surface area (Å²) in [6.45, 7) is 10.3. The van der Waals surface area contributed by atoms with Crippen molar-refractivity contribution in [3.8, 4) is 0 Å². The lowest BCUT2D eigenvalue weighted by Crippen LogP contribution is -2.38. The highest BCUT2D eigenvalue weighted by molar-refractivity contribution is 5.85. The van der Waals surface area contributed by atoms with Crippen LogP contribution in [0.3, 0.4) is 0 Å². The first-order chi connectivity index (χ1) is 10.6. The molecule has 3 nitrogen and oxygen atoms in total. The third-order valence-corrected chi connectivity index (χ3v) is 5.11. The lowest BCUT2D eigenvalue weighted by Gasteiger charge is -2.28. The molecule has 120 valence electrons. The first-order valence-electron chi connectivity index (χ1n) is 8.52. The van der Waals surface area contributed by atoms with Gasteiger partial charge in [0.15, 0.2) is 0 Å². The van der Waals surface area contributed by atoms with Gasteiger partial charge in [-0.2, -0.15) is 0 Å². The van der Waals surface area contributed by atoms with Crippen LogP contribution in [-0.4, -0.2) is 40.3 Å². The molecule has 1 saturated heterocycles. The molecular weight excluding hydrogens is 272 g/mol. The maximum Gasteiger partial charge on any atom is 0.0845 e. The van der Waals surface area contributed by atoms with E-state index in [9.17, 15) is 5.11 Å². The van der Waals surface area contributed by atoms with Crippen molar-refractivity contribution < 1.29 is 5.11 Å². The molecule has 0 aliphatic carbocycles. The molecule has 0 amide bonds. The predicted octanol–water partition coefficient (Wildman–Crippen LogP) is 3.41. The first kappa shape index (κ1) is 15.6. The Morgan fingerprint density at radius 2 is 1.77 bits per heavy atom. The topological polar surface area (TPSA) is 28.4 Å². The molecule has 0 saturated carbocycles. The van der Waals surface area contributed by atoms with Gasteiger partial charge in [0.1, 0.15) is 0 Å². The molecule has 0 unspecified atom stereocenters. The van der Waals surface area contributed by atoms with Crippen LogP contribution >= 0.6 is 0 Å². The Labute approximate surface area is 133 Å². The summed E-state index contributed by atoms with van der Waals surface area (Å²) in [5.74, 6) is 0. The fourth-order valence-electron chi connectivity index (χ4n) is 3.71. The quantitative estimate of drug-likeness (QED) is 0.937. The van der Waals surface area contributed by atoms with E-state index in [1.807, 2.05) is 0 Å². The SMILES string of the molecule is Cc1ccc2c(c1)c(C)c(C)n2C[C@H](O)CN1CCCCC1. The number of aliphatic hydroxyl groups excluding tert-OH is 1. The van der Waals surface area contributed by atoms with Crippen LogP contribution in [0.1, 0.15) is 36.1 Å². The summed E-state index contributed by atoms with van der Waals surface area (Å²) in [5, 5.41) is 11.9. The highest BCUT2D eigenvalue weighted by atomic mass is 16.3. The highest BCUT2D eigenvalue weighted by Crippen LogP contribution is 2.26. The van der Waals surface area contributed by atoms with Gasteiger partial charge in [-0.3, -0.25) is 0 Å². The molecule has 1 aromatic heterocycles. The molecule has 1 aliphatic heterocycles. The highest BCUT2D eigenvalue weighted by Gasteiger charge is 2.17. The van der Waals surface area contributed by atoms with Gasteiger partial charge in [0.05, 0.1) is 12.6 Å². The minimum atomic E-state index is -0.298. The fourth-order valence-corrected chi connectivity index (χ4v) is 3.71. The number of aromatic nitrogens is 1. The molecule has 1 atom stereocenters. The largest absolute Gasteiger partial charge is 0.390 e. The van der Waals surface area contributed by atoms with Crippen molar-refractivity contribution in [1.82, 2.24) is 9.47 Å². The maximum absolute atomic E-state index is 10.5. The Morgan fingerprint density at radius 3 is 2.50 bits per heavy atom. The van der Waals surface area contributed by atoms with Crippen molar-refractivity contribution in [3.63, 3.8) is 0 Å². The maximum atomic E-state index is 10.5. The van der Waals surface area contributed by atoms with E-state index in [1.165, 1.54) is 47.0 Å². The van der Waals surface area contributed by atoms with Crippen molar-refractivity contribution in [2.75, 3.05) is 19.6 Å². The van der Waals surface area contributed by atoms with Crippen molar-refractivity contribution in [2.24, 2.45) is 0 Å². The number of piperidine rings is 1. The minimum absolute atomic E-state index is 0.298. The molecule has 0 bridgehead atoms. The third-order valence-electron chi connectivity index (χ3n) is 5.11. The number of rotatable bonds is 4. The van der Waals surface area contributed by atoms with Crippen LogP contribution in [0.5, 0.6) is 0 Å². The second-order valence-electron chi connectivity index (χ2n) is 6.86. The van der Waals surface area contributed by atoms with Crippen molar-refractivity contribution >= 4 is 10.9 Å². The van der Waals surface area contributed by atoms with Crippen LogP contribution in [-0.2, 0) is 6.54 Å². The Hall–Kier alpha value is -1.32. The van der Waals surface area contributed by atoms with Gasteiger partial charge in [0, 0.05) is 23.1 Å². The summed E-state index contributed by atoms with van der Waals surface area (Å²) in [5.41, 5.74) is 5.15. The zero-order chi connectivity index (χ0) is 15.7. The average Bonchev–Trinajstić information content (AvgIpc) is 2.73. The molecule has 0 radical (unpaired) electrons. The van der Waals surface area contributed by atoms with Crippen LogP contribution in [0.4, 0.5) is 0 Å². The first-order valence-corrected chi connectivity index (χ1v) is 8.52. The molecular formula is C19H28N2O. The molecule has 3 rings (SSSR count). The molecule has 22 heavy (non-hydrogen) atoms. The summed E-state index contributed by atoms with van der Waals surface area (Å²) in [6.07, 6.45) is 3.59. The van der Waals surface area contributed by atoms with Gasteiger partial charge in [-0.1, -0.05) is 18.1 Å². The number of β-amino-alcohol motifs (C(OH)–C–C–N with tert-alkyl or cyclic N) is 1. The number of benzene rings is 1. The third kappa shape index (κ3) is 3.06. The van der Waals surface area contributed by atoms with Gasteiger partial charge in [-0.25, -0.2) is 0 Å². The van der Waals surface area contributed by atoms with E-state index in [4.69, 9.17) is 0 Å². The lowest BCUT2D eigenvalue weighted by atomic mass is 10.1. The number of nitrogens with zero attached hydrogens (tertiary/aromatic N) is 2. The number of hydrogen-bond donors (Lipinski definition) is 1. The molecule has 0 spiro atoms. The standard InChI is InChI=1S/C19H28N2O/c1-14-7-8-19-18(11-14)15(2)16(3)21(19)13-17(22)12-20-9-5-4-6-10-20/h7-8,11,17,22H,4-6,9-10,12-13H2,1-3H3/t17-/m1/s1. The number of likely N-dealkylation sites (tertiary alicyclic amines) is 1. The van der Waals surface area contributed by atoms with Crippen LogP contribution in [0.25, 0.3) is 10.9 Å². The minimum Gasteiger partial charge on any atom is -0.390 e. The Morgan fingerprint density at radius 1 is 1.05 bits per heavy atom. The van der Waals surface area contributed by atoms with Crippen molar-refractivity contribution in [1.29, 1.82) is 0 Å². The second-order valence-corrected chi connectivity index (χ2v) is 6.86. The fraction of sp³-hybridized carbons (Fsp3) is 0.579. The summed E-state index contributed by atoms with van der Waals surface area (Å²) in [4.78, 5) is 2.41. The summed E-state index contributed by atoms with van der Waals surface area (Å²) in [7, 11) is 0. The van der Waals surface area contributed by atoms with E-state index in [2.05, 4.69) is 48.4 Å². The number of hydrogen-bond acceptors (Lipinski definition) is 2.